The maximum absolute atomic E-state index is 12.7. The third-order valence-corrected chi connectivity index (χ3v) is 5.13. The normalized spacial score (nSPS) is 19.1. The molecule has 0 saturated carbocycles. The van der Waals surface area contributed by atoms with Gasteiger partial charge in [-0.3, -0.25) is 4.79 Å². The van der Waals surface area contributed by atoms with Crippen molar-refractivity contribution < 1.29 is 22.8 Å². The molecule has 2 aromatic carbocycles. The molecule has 1 aliphatic rings. The molecule has 1 unspecified atom stereocenters. The van der Waals surface area contributed by atoms with Crippen LogP contribution in [0, 0.1) is 5.41 Å². The maximum atomic E-state index is 12.7. The van der Waals surface area contributed by atoms with E-state index in [9.17, 15) is 22.8 Å². The first-order valence-corrected chi connectivity index (χ1v) is 9.07. The van der Waals surface area contributed by atoms with Gasteiger partial charge in [-0.25, -0.2) is 9.80 Å². The molecule has 0 aliphatic carbocycles. The van der Waals surface area contributed by atoms with E-state index in [4.69, 9.17) is 23.2 Å². The number of hydrogen-bond acceptors (Lipinski definition) is 3. The second kappa shape index (κ2) is 7.68. The van der Waals surface area contributed by atoms with Gasteiger partial charge in [-0.05, 0) is 60.5 Å². The number of rotatable bonds is 3. The Morgan fingerprint density at radius 2 is 1.69 bits per heavy atom. The molecule has 1 heterocycles. The van der Waals surface area contributed by atoms with Crippen molar-refractivity contribution in [2.75, 3.05) is 11.9 Å². The molecule has 1 aliphatic heterocycles. The van der Waals surface area contributed by atoms with Gasteiger partial charge in [0.25, 0.3) is 0 Å². The van der Waals surface area contributed by atoms with Crippen molar-refractivity contribution in [2.45, 2.75) is 13.1 Å². The summed E-state index contributed by atoms with van der Waals surface area (Å²) in [6.45, 7) is 1.43. The smallest absolute Gasteiger partial charge is 0.306 e. The van der Waals surface area contributed by atoms with Crippen molar-refractivity contribution in [3.05, 3.63) is 64.7 Å². The number of hydrazone groups is 1. The number of carbonyl (C=O) groups is 2. The number of halogens is 5. The van der Waals surface area contributed by atoms with Gasteiger partial charge in [-0.1, -0.05) is 23.7 Å². The molecule has 0 fully saturated rings. The summed E-state index contributed by atoms with van der Waals surface area (Å²) in [5, 5.41) is 7.49. The summed E-state index contributed by atoms with van der Waals surface area (Å²) in [7, 11) is 0. The van der Waals surface area contributed by atoms with Crippen LogP contribution in [0.15, 0.2) is 53.6 Å². The molecule has 1 atom stereocenters. The quantitative estimate of drug-likeness (QED) is 0.647. The van der Waals surface area contributed by atoms with Gasteiger partial charge >= 0.3 is 12.2 Å². The fourth-order valence-electron chi connectivity index (χ4n) is 2.83. The maximum Gasteiger partial charge on any atom is 0.416 e. The second-order valence-corrected chi connectivity index (χ2v) is 7.40. The van der Waals surface area contributed by atoms with Gasteiger partial charge < -0.3 is 5.32 Å². The zero-order valence-electron chi connectivity index (χ0n) is 14.9. The lowest BCUT2D eigenvalue weighted by Gasteiger charge is -2.21. The predicted molar refractivity (Wildman–Crippen MR) is 104 cm³/mol. The largest absolute Gasteiger partial charge is 0.416 e. The number of carbonyl (C=O) groups excluding carboxylic acids is 2. The molecule has 3 rings (SSSR count). The zero-order valence-corrected chi connectivity index (χ0v) is 16.4. The van der Waals surface area contributed by atoms with E-state index in [1.807, 2.05) is 0 Å². The van der Waals surface area contributed by atoms with E-state index < -0.39 is 28.4 Å². The van der Waals surface area contributed by atoms with Gasteiger partial charge in [-0.2, -0.15) is 18.3 Å². The number of nitrogens with zero attached hydrogens (tertiary/aromatic N) is 2. The Hall–Kier alpha value is -2.58. The standard InChI is InChI=1S/C19H14Cl2F3N3O2/c1-18(16(21)28)10-27(26-15(18)11-2-6-13(20)7-3-11)17(29)25-14-8-4-12(5-9-14)19(22,23)24/h2-9H,10H2,1H3,(H,25,29). The monoisotopic (exact) mass is 443 g/mol. The van der Waals surface area contributed by atoms with Crippen LogP contribution in [-0.4, -0.2) is 28.5 Å². The Morgan fingerprint density at radius 3 is 2.21 bits per heavy atom. The van der Waals surface area contributed by atoms with Gasteiger partial charge in [0.15, 0.2) is 0 Å². The first-order chi connectivity index (χ1) is 13.5. The summed E-state index contributed by atoms with van der Waals surface area (Å²) in [4.78, 5) is 24.6. The second-order valence-electron chi connectivity index (χ2n) is 6.62. The number of amides is 2. The molecule has 2 aromatic rings. The average molecular weight is 444 g/mol. The van der Waals surface area contributed by atoms with E-state index in [1.165, 1.54) is 0 Å². The van der Waals surface area contributed by atoms with Crippen molar-refractivity contribution in [1.82, 2.24) is 5.01 Å². The lowest BCUT2D eigenvalue weighted by atomic mass is 9.83. The summed E-state index contributed by atoms with van der Waals surface area (Å²) >= 11 is 11.7. The summed E-state index contributed by atoms with van der Waals surface area (Å²) in [5.41, 5.74) is -1.09. The zero-order chi connectivity index (χ0) is 21.4. The Morgan fingerprint density at radius 1 is 1.10 bits per heavy atom. The highest BCUT2D eigenvalue weighted by molar-refractivity contribution is 6.67. The van der Waals surface area contributed by atoms with Crippen LogP contribution in [0.2, 0.25) is 5.02 Å². The molecule has 152 valence electrons. The number of nitrogens with one attached hydrogen (secondary N) is 1. The summed E-state index contributed by atoms with van der Waals surface area (Å²) in [6.07, 6.45) is -4.47. The van der Waals surface area contributed by atoms with Gasteiger partial charge in [-0.15, -0.1) is 0 Å². The summed E-state index contributed by atoms with van der Waals surface area (Å²) in [5.74, 6) is 0. The Bertz CT molecular complexity index is 976. The molecular weight excluding hydrogens is 430 g/mol. The number of anilines is 1. The van der Waals surface area contributed by atoms with Crippen LogP contribution in [0.1, 0.15) is 18.1 Å². The van der Waals surface area contributed by atoms with Crippen molar-refractivity contribution >= 4 is 45.9 Å². The fourth-order valence-corrected chi connectivity index (χ4v) is 3.10. The van der Waals surface area contributed by atoms with E-state index in [0.29, 0.717) is 10.6 Å². The summed E-state index contributed by atoms with van der Waals surface area (Å²) in [6, 6.07) is 9.79. The highest BCUT2D eigenvalue weighted by Gasteiger charge is 2.46. The minimum Gasteiger partial charge on any atom is -0.306 e. The SMILES string of the molecule is CC1(C(=O)Cl)CN(C(=O)Nc2ccc(C(F)(F)F)cc2)N=C1c1ccc(Cl)cc1. The van der Waals surface area contributed by atoms with Crippen molar-refractivity contribution in [3.8, 4) is 0 Å². The van der Waals surface area contributed by atoms with Crippen LogP contribution >= 0.6 is 23.2 Å². The first kappa shape index (κ1) is 21.1. The highest BCUT2D eigenvalue weighted by atomic mass is 35.5. The van der Waals surface area contributed by atoms with E-state index >= 15 is 0 Å². The minimum absolute atomic E-state index is 0.125. The van der Waals surface area contributed by atoms with Crippen LogP contribution < -0.4 is 5.32 Å². The molecule has 0 spiro atoms. The van der Waals surface area contributed by atoms with Crippen LogP contribution in [0.4, 0.5) is 23.7 Å². The van der Waals surface area contributed by atoms with Crippen molar-refractivity contribution in [2.24, 2.45) is 10.5 Å². The molecule has 2 amide bonds. The molecule has 0 aromatic heterocycles. The van der Waals surface area contributed by atoms with Gasteiger partial charge in [0.05, 0.1) is 17.8 Å². The Labute approximate surface area is 174 Å². The minimum atomic E-state index is -4.47. The topological polar surface area (TPSA) is 61.8 Å². The molecule has 1 N–H and O–H groups in total. The highest BCUT2D eigenvalue weighted by Crippen LogP contribution is 2.34. The van der Waals surface area contributed by atoms with E-state index in [1.54, 1.807) is 31.2 Å². The van der Waals surface area contributed by atoms with Gasteiger partial charge in [0, 0.05) is 10.7 Å². The third-order valence-electron chi connectivity index (χ3n) is 4.46. The third kappa shape index (κ3) is 4.38. The fraction of sp³-hybridized carbons (Fsp3) is 0.211. The van der Waals surface area contributed by atoms with E-state index in [2.05, 4.69) is 10.4 Å². The van der Waals surface area contributed by atoms with E-state index in [-0.39, 0.29) is 17.9 Å². The molecule has 0 saturated heterocycles. The predicted octanol–water partition coefficient (Wildman–Crippen LogP) is 5.38. The van der Waals surface area contributed by atoms with Crippen LogP contribution in [0.3, 0.4) is 0 Å². The van der Waals surface area contributed by atoms with Crippen LogP contribution in [0.25, 0.3) is 0 Å². The molecule has 0 bridgehead atoms. The lowest BCUT2D eigenvalue weighted by Crippen LogP contribution is -2.39. The van der Waals surface area contributed by atoms with Crippen molar-refractivity contribution in [1.29, 1.82) is 0 Å². The first-order valence-electron chi connectivity index (χ1n) is 8.31. The van der Waals surface area contributed by atoms with E-state index in [0.717, 1.165) is 29.3 Å². The number of alkyl halides is 3. The number of benzene rings is 2. The summed E-state index contributed by atoms with van der Waals surface area (Å²) < 4.78 is 38.0. The molecule has 5 nitrogen and oxygen atoms in total. The Balaban J connectivity index is 1.84. The molecular formula is C19H14Cl2F3N3O2. The lowest BCUT2D eigenvalue weighted by molar-refractivity contribution is -0.137. The van der Waals surface area contributed by atoms with Crippen LogP contribution in [-0.2, 0) is 11.0 Å². The average Bonchev–Trinajstić information content (AvgIpc) is 3.01. The molecule has 0 radical (unpaired) electrons. The number of urea groups is 1. The van der Waals surface area contributed by atoms with Gasteiger partial charge in [0.1, 0.15) is 5.41 Å². The number of hydrogen-bond donors (Lipinski definition) is 1. The molecule has 10 heteroatoms. The Kier molecular flexibility index (Phi) is 5.60. The van der Waals surface area contributed by atoms with Crippen LogP contribution in [0.5, 0.6) is 0 Å². The van der Waals surface area contributed by atoms with Gasteiger partial charge in [0.2, 0.25) is 5.24 Å². The molecule has 29 heavy (non-hydrogen) atoms. The van der Waals surface area contributed by atoms with Crippen molar-refractivity contribution in [3.63, 3.8) is 0 Å².